The molecule has 2 aromatic carbocycles. The topological polar surface area (TPSA) is 73.3 Å². The van der Waals surface area contributed by atoms with E-state index in [1.54, 1.807) is 0 Å². The predicted molar refractivity (Wildman–Crippen MR) is 105 cm³/mol. The van der Waals surface area contributed by atoms with Crippen molar-refractivity contribution in [1.82, 2.24) is 10.2 Å². The van der Waals surface area contributed by atoms with E-state index in [-0.39, 0.29) is 12.5 Å². The molecule has 0 bridgehead atoms. The van der Waals surface area contributed by atoms with Crippen molar-refractivity contribution >= 4 is 22.4 Å². The summed E-state index contributed by atoms with van der Waals surface area (Å²) in [5.74, 6) is 1.22. The third-order valence-corrected chi connectivity index (χ3v) is 4.64. The Kier molecular flexibility index (Phi) is 6.76. The summed E-state index contributed by atoms with van der Waals surface area (Å²) in [5, 5.41) is 12.0. The van der Waals surface area contributed by atoms with Crippen LogP contribution < -0.4 is 14.8 Å². The van der Waals surface area contributed by atoms with Gasteiger partial charge in [0, 0.05) is 6.42 Å². The highest BCUT2D eigenvalue weighted by Gasteiger charge is 2.09. The number of ether oxygens (including phenoxy) is 2. The van der Waals surface area contributed by atoms with Gasteiger partial charge in [-0.25, -0.2) is 0 Å². The third-order valence-electron chi connectivity index (χ3n) is 3.74. The lowest BCUT2D eigenvalue weighted by Gasteiger charge is -2.06. The van der Waals surface area contributed by atoms with Crippen LogP contribution in [0.2, 0.25) is 0 Å². The van der Waals surface area contributed by atoms with Crippen molar-refractivity contribution in [3.8, 4) is 11.5 Å². The number of amides is 1. The summed E-state index contributed by atoms with van der Waals surface area (Å²) in [5.41, 5.74) is 1.23. The molecular formula is C20H21N3O3S. The quantitative estimate of drug-likeness (QED) is 0.609. The molecule has 7 heteroatoms. The average molecular weight is 383 g/mol. The van der Waals surface area contributed by atoms with E-state index < -0.39 is 0 Å². The van der Waals surface area contributed by atoms with E-state index >= 15 is 0 Å². The Morgan fingerprint density at radius 1 is 1.00 bits per heavy atom. The summed E-state index contributed by atoms with van der Waals surface area (Å²) >= 11 is 1.33. The zero-order chi connectivity index (χ0) is 18.9. The molecule has 1 amide bonds. The van der Waals surface area contributed by atoms with Crippen LogP contribution >= 0.6 is 11.3 Å². The first-order chi connectivity index (χ1) is 13.2. The van der Waals surface area contributed by atoms with Gasteiger partial charge < -0.3 is 9.47 Å². The van der Waals surface area contributed by atoms with Gasteiger partial charge in [-0.05, 0) is 36.2 Å². The number of rotatable bonds is 9. The monoisotopic (exact) mass is 383 g/mol. The van der Waals surface area contributed by atoms with E-state index in [0.29, 0.717) is 23.9 Å². The molecule has 1 N–H and O–H groups in total. The van der Waals surface area contributed by atoms with Crippen molar-refractivity contribution in [2.75, 3.05) is 18.5 Å². The lowest BCUT2D eigenvalue weighted by atomic mass is 10.2. The molecule has 3 rings (SSSR count). The van der Waals surface area contributed by atoms with Crippen LogP contribution in [-0.4, -0.2) is 29.3 Å². The molecule has 1 aromatic heterocycles. The molecule has 0 aliphatic rings. The Labute approximate surface area is 162 Å². The van der Waals surface area contributed by atoms with Gasteiger partial charge in [0.15, 0.2) is 6.61 Å². The molecule has 0 spiro atoms. The van der Waals surface area contributed by atoms with Crippen LogP contribution in [-0.2, 0) is 17.6 Å². The minimum atomic E-state index is -0.266. The van der Waals surface area contributed by atoms with Crippen LogP contribution in [0.1, 0.15) is 17.5 Å². The highest BCUT2D eigenvalue weighted by molar-refractivity contribution is 7.15. The average Bonchev–Trinajstić information content (AvgIpc) is 3.14. The molecule has 1 heterocycles. The Morgan fingerprint density at radius 3 is 2.48 bits per heavy atom. The number of hydrogen-bond acceptors (Lipinski definition) is 6. The van der Waals surface area contributed by atoms with Crippen molar-refractivity contribution in [2.45, 2.75) is 19.8 Å². The Hall–Kier alpha value is -2.93. The maximum absolute atomic E-state index is 12.0. The molecule has 0 saturated heterocycles. The molecule has 0 aliphatic heterocycles. The van der Waals surface area contributed by atoms with Crippen molar-refractivity contribution in [2.24, 2.45) is 0 Å². The summed E-state index contributed by atoms with van der Waals surface area (Å²) in [7, 11) is 0. The number of nitrogens with one attached hydrogen (secondary N) is 1. The Morgan fingerprint density at radius 2 is 1.74 bits per heavy atom. The first-order valence-corrected chi connectivity index (χ1v) is 9.56. The number of para-hydroxylation sites is 1. The lowest BCUT2D eigenvalue weighted by Crippen LogP contribution is -2.20. The number of carbonyl (C=O) groups excluding carboxylic acids is 1. The van der Waals surface area contributed by atoms with Crippen molar-refractivity contribution < 1.29 is 14.3 Å². The van der Waals surface area contributed by atoms with Gasteiger partial charge in [0.1, 0.15) is 16.5 Å². The van der Waals surface area contributed by atoms with Gasteiger partial charge in [0.25, 0.3) is 5.91 Å². The molecule has 0 unspecified atom stereocenters. The van der Waals surface area contributed by atoms with E-state index in [0.717, 1.165) is 17.2 Å². The zero-order valence-corrected chi connectivity index (χ0v) is 15.9. The molecule has 0 aliphatic carbocycles. The first-order valence-electron chi connectivity index (χ1n) is 8.75. The largest absolute Gasteiger partial charge is 0.493 e. The van der Waals surface area contributed by atoms with Crippen molar-refractivity contribution in [1.29, 1.82) is 0 Å². The number of aryl methyl sites for hydroxylation is 1. The van der Waals surface area contributed by atoms with Crippen LogP contribution in [0.25, 0.3) is 0 Å². The smallest absolute Gasteiger partial charge is 0.264 e. The van der Waals surface area contributed by atoms with Gasteiger partial charge in [-0.15, -0.1) is 10.2 Å². The van der Waals surface area contributed by atoms with E-state index in [9.17, 15) is 4.79 Å². The number of carbonyl (C=O) groups is 1. The number of nitrogens with zero attached hydrogens (tertiary/aromatic N) is 2. The summed E-state index contributed by atoms with van der Waals surface area (Å²) < 4.78 is 11.1. The Bertz CT molecular complexity index is 850. The summed E-state index contributed by atoms with van der Waals surface area (Å²) in [4.78, 5) is 12.0. The normalized spacial score (nSPS) is 10.4. The van der Waals surface area contributed by atoms with E-state index in [1.807, 2.05) is 54.6 Å². The molecule has 27 heavy (non-hydrogen) atoms. The Balaban J connectivity index is 1.40. The van der Waals surface area contributed by atoms with Gasteiger partial charge in [-0.3, -0.25) is 10.1 Å². The maximum Gasteiger partial charge on any atom is 0.264 e. The second kappa shape index (κ2) is 9.68. The van der Waals surface area contributed by atoms with Gasteiger partial charge in [-0.1, -0.05) is 48.6 Å². The lowest BCUT2D eigenvalue weighted by molar-refractivity contribution is -0.118. The highest BCUT2D eigenvalue weighted by atomic mass is 32.1. The maximum atomic E-state index is 12.0. The molecule has 140 valence electrons. The molecular weight excluding hydrogens is 362 g/mol. The van der Waals surface area contributed by atoms with E-state index in [2.05, 4.69) is 22.4 Å². The second-order valence-corrected chi connectivity index (χ2v) is 6.81. The summed E-state index contributed by atoms with van der Waals surface area (Å²) in [6, 6.07) is 17.3. The van der Waals surface area contributed by atoms with E-state index in [4.69, 9.17) is 9.47 Å². The fourth-order valence-electron chi connectivity index (χ4n) is 2.30. The van der Waals surface area contributed by atoms with Crippen LogP contribution in [0, 0.1) is 0 Å². The fraction of sp³-hybridized carbons (Fsp3) is 0.250. The van der Waals surface area contributed by atoms with Crippen molar-refractivity contribution in [3.05, 3.63) is 65.2 Å². The van der Waals surface area contributed by atoms with Gasteiger partial charge in [0.05, 0.1) is 6.61 Å². The molecule has 0 fully saturated rings. The second-order valence-electron chi connectivity index (χ2n) is 5.75. The van der Waals surface area contributed by atoms with Crippen LogP contribution in [0.4, 0.5) is 5.13 Å². The molecule has 0 saturated carbocycles. The highest BCUT2D eigenvalue weighted by Crippen LogP contribution is 2.17. The molecule has 0 radical (unpaired) electrons. The molecule has 0 atom stereocenters. The fourth-order valence-corrected chi connectivity index (χ4v) is 3.04. The first kappa shape index (κ1) is 18.8. The number of aromatic nitrogens is 2. The SMILES string of the molecule is CCc1ccc(OCC(=O)Nc2nnc(CCOc3ccccc3)s2)cc1. The van der Waals surface area contributed by atoms with Crippen LogP contribution in [0.3, 0.4) is 0 Å². The van der Waals surface area contributed by atoms with Gasteiger partial charge in [0.2, 0.25) is 5.13 Å². The molecule has 6 nitrogen and oxygen atoms in total. The van der Waals surface area contributed by atoms with Crippen molar-refractivity contribution in [3.63, 3.8) is 0 Å². The number of anilines is 1. The van der Waals surface area contributed by atoms with Gasteiger partial charge >= 0.3 is 0 Å². The standard InChI is InChI=1S/C20H21N3O3S/c1-2-15-8-10-17(11-9-15)26-14-18(24)21-20-23-22-19(27-20)12-13-25-16-6-4-3-5-7-16/h3-11H,2,12-14H2,1H3,(H,21,23,24). The number of hydrogen-bond donors (Lipinski definition) is 1. The number of benzene rings is 2. The van der Waals surface area contributed by atoms with E-state index in [1.165, 1.54) is 16.9 Å². The summed E-state index contributed by atoms with van der Waals surface area (Å²) in [6.45, 7) is 2.52. The minimum absolute atomic E-state index is 0.0719. The zero-order valence-electron chi connectivity index (χ0n) is 15.1. The summed E-state index contributed by atoms with van der Waals surface area (Å²) in [6.07, 6.45) is 1.60. The minimum Gasteiger partial charge on any atom is -0.493 e. The van der Waals surface area contributed by atoms with Crippen LogP contribution in [0.5, 0.6) is 11.5 Å². The van der Waals surface area contributed by atoms with Gasteiger partial charge in [-0.2, -0.15) is 0 Å². The predicted octanol–water partition coefficient (Wildman–Crippen LogP) is 3.74. The third kappa shape index (κ3) is 6.07. The van der Waals surface area contributed by atoms with Crippen LogP contribution in [0.15, 0.2) is 54.6 Å². The molecule has 3 aromatic rings.